The Morgan fingerprint density at radius 3 is 2.71 bits per heavy atom. The van der Waals surface area contributed by atoms with Crippen LogP contribution in [0.4, 0.5) is 0 Å². The third kappa shape index (κ3) is 8.68. The number of aryl methyl sites for hydroxylation is 1. The molecule has 0 fully saturated rings. The molecule has 0 aromatic heterocycles. The third-order valence-electron chi connectivity index (χ3n) is 2.98. The lowest BCUT2D eigenvalue weighted by Crippen LogP contribution is -2.25. The third-order valence-corrected chi connectivity index (χ3v) is 2.98. The molecule has 1 rings (SSSR count). The zero-order valence-corrected chi connectivity index (χ0v) is 12.4. The Kier molecular flexibility index (Phi) is 7.94. The highest BCUT2D eigenvalue weighted by atomic mass is 16.5. The summed E-state index contributed by atoms with van der Waals surface area (Å²) in [6.45, 7) is 2.93. The molecule has 0 aliphatic rings. The first-order valence-electron chi connectivity index (χ1n) is 7.26. The molecule has 0 heterocycles. The monoisotopic (exact) mass is 293 g/mol. The topological polar surface area (TPSA) is 75.6 Å². The van der Waals surface area contributed by atoms with Crippen molar-refractivity contribution in [2.75, 3.05) is 13.2 Å². The Morgan fingerprint density at radius 2 is 2.00 bits per heavy atom. The van der Waals surface area contributed by atoms with Crippen molar-refractivity contribution in [1.82, 2.24) is 5.32 Å². The summed E-state index contributed by atoms with van der Waals surface area (Å²) in [6.07, 6.45) is 2.78. The van der Waals surface area contributed by atoms with E-state index in [0.29, 0.717) is 26.0 Å². The van der Waals surface area contributed by atoms with E-state index in [2.05, 4.69) is 5.32 Å². The summed E-state index contributed by atoms with van der Waals surface area (Å²) in [7, 11) is 0. The average Bonchev–Trinajstić information content (AvgIpc) is 2.42. The van der Waals surface area contributed by atoms with Crippen LogP contribution in [0, 0.1) is 6.92 Å². The van der Waals surface area contributed by atoms with E-state index in [1.54, 1.807) is 0 Å². The van der Waals surface area contributed by atoms with Crippen molar-refractivity contribution in [1.29, 1.82) is 0 Å². The van der Waals surface area contributed by atoms with Gasteiger partial charge in [0, 0.05) is 13.0 Å². The maximum Gasteiger partial charge on any atom is 0.303 e. The standard InChI is InChI=1S/C16H23NO4/c1-13-6-5-7-14(12-13)21-11-9-15(18)17-10-4-2-3-8-16(19)20/h5-7,12H,2-4,8-11H2,1H3,(H,17,18)(H,19,20). The molecule has 0 bridgehead atoms. The van der Waals surface area contributed by atoms with Crippen LogP contribution in [0.1, 0.15) is 37.7 Å². The van der Waals surface area contributed by atoms with Crippen LogP contribution in [0.2, 0.25) is 0 Å². The number of aliphatic carboxylic acids is 1. The number of nitrogens with one attached hydrogen (secondary N) is 1. The average molecular weight is 293 g/mol. The predicted octanol–water partition coefficient (Wildman–Crippen LogP) is 2.53. The van der Waals surface area contributed by atoms with E-state index in [1.807, 2.05) is 31.2 Å². The second-order valence-corrected chi connectivity index (χ2v) is 4.97. The lowest BCUT2D eigenvalue weighted by Gasteiger charge is -2.07. The number of unbranched alkanes of at least 4 members (excludes halogenated alkanes) is 2. The maximum absolute atomic E-state index is 11.6. The number of carbonyl (C=O) groups is 2. The number of hydrogen-bond acceptors (Lipinski definition) is 3. The molecule has 1 amide bonds. The van der Waals surface area contributed by atoms with E-state index < -0.39 is 5.97 Å². The minimum atomic E-state index is -0.771. The molecule has 0 saturated heterocycles. The van der Waals surface area contributed by atoms with E-state index in [4.69, 9.17) is 9.84 Å². The molecule has 5 heteroatoms. The zero-order chi connectivity index (χ0) is 15.5. The SMILES string of the molecule is Cc1cccc(OCCC(=O)NCCCCCC(=O)O)c1. The molecule has 0 aliphatic carbocycles. The van der Waals surface area contributed by atoms with Crippen LogP contribution in [-0.2, 0) is 9.59 Å². The van der Waals surface area contributed by atoms with Gasteiger partial charge in [-0.15, -0.1) is 0 Å². The molecule has 1 aromatic carbocycles. The fourth-order valence-corrected chi connectivity index (χ4v) is 1.86. The van der Waals surface area contributed by atoms with E-state index >= 15 is 0 Å². The summed E-state index contributed by atoms with van der Waals surface area (Å²) in [5.41, 5.74) is 1.12. The normalized spacial score (nSPS) is 10.1. The first-order valence-corrected chi connectivity index (χ1v) is 7.26. The van der Waals surface area contributed by atoms with Gasteiger partial charge in [-0.3, -0.25) is 9.59 Å². The van der Waals surface area contributed by atoms with Crippen LogP contribution in [0.5, 0.6) is 5.75 Å². The van der Waals surface area contributed by atoms with Gasteiger partial charge in [-0.2, -0.15) is 0 Å². The summed E-state index contributed by atoms with van der Waals surface area (Å²) in [4.78, 5) is 21.9. The van der Waals surface area contributed by atoms with Crippen LogP contribution in [0.3, 0.4) is 0 Å². The van der Waals surface area contributed by atoms with Crippen molar-refractivity contribution < 1.29 is 19.4 Å². The number of rotatable bonds is 10. The van der Waals surface area contributed by atoms with Gasteiger partial charge in [0.1, 0.15) is 5.75 Å². The van der Waals surface area contributed by atoms with Gasteiger partial charge in [-0.05, 0) is 37.5 Å². The van der Waals surface area contributed by atoms with E-state index in [-0.39, 0.29) is 12.3 Å². The number of amides is 1. The first kappa shape index (κ1) is 17.0. The van der Waals surface area contributed by atoms with Crippen LogP contribution in [0.25, 0.3) is 0 Å². The Hall–Kier alpha value is -2.04. The largest absolute Gasteiger partial charge is 0.493 e. The summed E-state index contributed by atoms with van der Waals surface area (Å²) in [5, 5.41) is 11.3. The van der Waals surface area contributed by atoms with E-state index in [1.165, 1.54) is 0 Å². The maximum atomic E-state index is 11.6. The molecule has 2 N–H and O–H groups in total. The molecule has 0 radical (unpaired) electrons. The lowest BCUT2D eigenvalue weighted by atomic mass is 10.2. The summed E-state index contributed by atoms with van der Waals surface area (Å²) in [6, 6.07) is 7.71. The summed E-state index contributed by atoms with van der Waals surface area (Å²) < 4.78 is 5.50. The number of ether oxygens (including phenoxy) is 1. The number of benzene rings is 1. The predicted molar refractivity (Wildman–Crippen MR) is 80.4 cm³/mol. The Bertz CT molecular complexity index is 459. The molecule has 1 aromatic rings. The summed E-state index contributed by atoms with van der Waals surface area (Å²) in [5.74, 6) is -0.0373. The van der Waals surface area contributed by atoms with Crippen molar-refractivity contribution >= 4 is 11.9 Å². The smallest absolute Gasteiger partial charge is 0.303 e. The van der Waals surface area contributed by atoms with Crippen molar-refractivity contribution in [2.24, 2.45) is 0 Å². The van der Waals surface area contributed by atoms with Crippen LogP contribution >= 0.6 is 0 Å². The Morgan fingerprint density at radius 1 is 1.19 bits per heavy atom. The van der Waals surface area contributed by atoms with Crippen LogP contribution in [0.15, 0.2) is 24.3 Å². The van der Waals surface area contributed by atoms with Gasteiger partial charge in [-0.25, -0.2) is 0 Å². The lowest BCUT2D eigenvalue weighted by molar-refractivity contribution is -0.137. The molecule has 5 nitrogen and oxygen atoms in total. The van der Waals surface area contributed by atoms with Gasteiger partial charge in [0.15, 0.2) is 0 Å². The highest BCUT2D eigenvalue weighted by Gasteiger charge is 2.02. The Labute approximate surface area is 125 Å². The minimum Gasteiger partial charge on any atom is -0.493 e. The molecule has 0 saturated carbocycles. The molecule has 0 aliphatic heterocycles. The highest BCUT2D eigenvalue weighted by Crippen LogP contribution is 2.12. The Balaban J connectivity index is 2.02. The number of carboxylic acid groups (broad SMARTS) is 1. The van der Waals surface area contributed by atoms with Gasteiger partial charge < -0.3 is 15.2 Å². The number of carbonyl (C=O) groups excluding carboxylic acids is 1. The number of hydrogen-bond donors (Lipinski definition) is 2. The fraction of sp³-hybridized carbons (Fsp3) is 0.500. The second kappa shape index (κ2) is 9.80. The molecule has 116 valence electrons. The first-order chi connectivity index (χ1) is 10.1. The molecular formula is C16H23NO4. The van der Waals surface area contributed by atoms with Crippen molar-refractivity contribution in [3.05, 3.63) is 29.8 Å². The fourth-order valence-electron chi connectivity index (χ4n) is 1.86. The van der Waals surface area contributed by atoms with Crippen LogP contribution < -0.4 is 10.1 Å². The summed E-state index contributed by atoms with van der Waals surface area (Å²) >= 11 is 0. The molecule has 0 atom stereocenters. The van der Waals surface area contributed by atoms with E-state index in [9.17, 15) is 9.59 Å². The molecular weight excluding hydrogens is 270 g/mol. The van der Waals surface area contributed by atoms with E-state index in [0.717, 1.165) is 24.2 Å². The molecule has 0 unspecified atom stereocenters. The zero-order valence-electron chi connectivity index (χ0n) is 12.4. The highest BCUT2D eigenvalue weighted by molar-refractivity contribution is 5.75. The van der Waals surface area contributed by atoms with Gasteiger partial charge in [0.25, 0.3) is 0 Å². The van der Waals surface area contributed by atoms with Gasteiger partial charge in [-0.1, -0.05) is 18.6 Å². The quantitative estimate of drug-likeness (QED) is 0.650. The minimum absolute atomic E-state index is 0.0408. The second-order valence-electron chi connectivity index (χ2n) is 4.97. The number of carboxylic acids is 1. The van der Waals surface area contributed by atoms with Crippen molar-refractivity contribution in [2.45, 2.75) is 39.0 Å². The van der Waals surface area contributed by atoms with Crippen molar-refractivity contribution in [3.63, 3.8) is 0 Å². The molecule has 21 heavy (non-hydrogen) atoms. The van der Waals surface area contributed by atoms with Crippen LogP contribution in [-0.4, -0.2) is 30.1 Å². The molecule has 0 spiro atoms. The van der Waals surface area contributed by atoms with Gasteiger partial charge >= 0.3 is 5.97 Å². The van der Waals surface area contributed by atoms with Gasteiger partial charge in [0.2, 0.25) is 5.91 Å². The van der Waals surface area contributed by atoms with Gasteiger partial charge in [0.05, 0.1) is 13.0 Å². The van der Waals surface area contributed by atoms with Crippen molar-refractivity contribution in [3.8, 4) is 5.75 Å².